The Balaban J connectivity index is 1.83. The maximum Gasteiger partial charge on any atom is 0.145 e. The lowest BCUT2D eigenvalue weighted by Crippen LogP contribution is -2.31. The smallest absolute Gasteiger partial charge is 0.145 e. The molecule has 0 bridgehead atoms. The van der Waals surface area contributed by atoms with Crippen molar-refractivity contribution in [3.63, 3.8) is 0 Å². The molecular weight excluding hydrogens is 260 g/mol. The van der Waals surface area contributed by atoms with E-state index in [1.54, 1.807) is 0 Å². The van der Waals surface area contributed by atoms with E-state index in [4.69, 9.17) is 10.5 Å². The van der Waals surface area contributed by atoms with Crippen molar-refractivity contribution in [1.82, 2.24) is 4.90 Å². The van der Waals surface area contributed by atoms with Gasteiger partial charge in [0.15, 0.2) is 0 Å². The Morgan fingerprint density at radius 1 is 1.10 bits per heavy atom. The van der Waals surface area contributed by atoms with Crippen molar-refractivity contribution >= 4 is 5.69 Å². The highest BCUT2D eigenvalue weighted by atomic mass is 15.1. The summed E-state index contributed by atoms with van der Waals surface area (Å²) in [5, 5.41) is 20.3. The first-order valence-corrected chi connectivity index (χ1v) is 7.40. The van der Waals surface area contributed by atoms with Gasteiger partial charge in [-0.2, -0.15) is 10.5 Å². The van der Waals surface area contributed by atoms with Crippen LogP contribution in [0.25, 0.3) is 0 Å². The van der Waals surface area contributed by atoms with Gasteiger partial charge in [0.25, 0.3) is 0 Å². The van der Waals surface area contributed by atoms with Gasteiger partial charge >= 0.3 is 0 Å². The summed E-state index contributed by atoms with van der Waals surface area (Å²) in [6.45, 7) is 3.59. The summed E-state index contributed by atoms with van der Waals surface area (Å²) in [7, 11) is 0. The van der Waals surface area contributed by atoms with Gasteiger partial charge in [0.05, 0.1) is 0 Å². The van der Waals surface area contributed by atoms with Crippen LogP contribution in [0.1, 0.15) is 24.8 Å². The predicted octanol–water partition coefficient (Wildman–Crippen LogP) is 3.06. The molecule has 4 heteroatoms. The first-order chi connectivity index (χ1) is 10.3. The first kappa shape index (κ1) is 15.1. The quantitative estimate of drug-likeness (QED) is 0.842. The lowest BCUT2D eigenvalue weighted by Gasteiger charge is -2.26. The second-order valence-corrected chi connectivity index (χ2v) is 5.28. The molecule has 0 aliphatic carbocycles. The zero-order chi connectivity index (χ0) is 14.9. The van der Waals surface area contributed by atoms with Crippen molar-refractivity contribution in [3.05, 3.63) is 41.6 Å². The Bertz CT molecular complexity index is 538. The zero-order valence-electron chi connectivity index (χ0n) is 12.2. The summed E-state index contributed by atoms with van der Waals surface area (Å²) in [5.74, 6) is 0. The number of allylic oxidation sites excluding steroid dienone is 1. The van der Waals surface area contributed by atoms with E-state index in [9.17, 15) is 0 Å². The number of hydrogen-bond donors (Lipinski definition) is 1. The zero-order valence-corrected chi connectivity index (χ0v) is 12.2. The number of nitriles is 2. The van der Waals surface area contributed by atoms with Gasteiger partial charge in [-0.15, -0.1) is 0 Å². The molecule has 0 radical (unpaired) electrons. The fourth-order valence-electron chi connectivity index (χ4n) is 2.48. The van der Waals surface area contributed by atoms with Crippen molar-refractivity contribution in [2.45, 2.75) is 25.7 Å². The Hall–Kier alpha value is -2.30. The lowest BCUT2D eigenvalue weighted by atomic mass is 10.1. The largest absolute Gasteiger partial charge is 0.360 e. The predicted molar refractivity (Wildman–Crippen MR) is 83.4 cm³/mol. The van der Waals surface area contributed by atoms with E-state index < -0.39 is 0 Å². The second-order valence-electron chi connectivity index (χ2n) is 5.28. The standard InChI is InChI=1S/C17H20N4/c18-12-16(13-19)14-20-17-6-4-15(5-7-17)8-11-21-9-2-1-3-10-21/h4-7,14,20H,1-3,8-11H2. The monoisotopic (exact) mass is 280 g/mol. The summed E-state index contributed by atoms with van der Waals surface area (Å²) in [4.78, 5) is 2.53. The molecule has 1 aromatic rings. The van der Waals surface area contributed by atoms with Crippen molar-refractivity contribution in [3.8, 4) is 12.1 Å². The molecule has 1 aliphatic rings. The molecule has 21 heavy (non-hydrogen) atoms. The molecule has 1 aliphatic heterocycles. The third-order valence-electron chi connectivity index (χ3n) is 3.74. The second kappa shape index (κ2) is 8.09. The number of hydrogen-bond acceptors (Lipinski definition) is 4. The topological polar surface area (TPSA) is 62.9 Å². The van der Waals surface area contributed by atoms with Gasteiger partial charge in [-0.1, -0.05) is 18.6 Å². The highest BCUT2D eigenvalue weighted by Gasteiger charge is 2.09. The Labute approximate surface area is 126 Å². The van der Waals surface area contributed by atoms with E-state index in [2.05, 4.69) is 22.3 Å². The van der Waals surface area contributed by atoms with Crippen LogP contribution >= 0.6 is 0 Å². The highest BCUT2D eigenvalue weighted by Crippen LogP contribution is 2.13. The number of nitrogens with zero attached hydrogens (tertiary/aromatic N) is 3. The molecule has 1 saturated heterocycles. The fraction of sp³-hybridized carbons (Fsp3) is 0.412. The highest BCUT2D eigenvalue weighted by molar-refractivity contribution is 5.50. The molecular formula is C17H20N4. The van der Waals surface area contributed by atoms with Gasteiger partial charge in [0.1, 0.15) is 17.7 Å². The minimum atomic E-state index is 0.0733. The van der Waals surface area contributed by atoms with Gasteiger partial charge in [-0.05, 0) is 50.0 Å². The molecule has 1 heterocycles. The molecule has 0 spiro atoms. The van der Waals surface area contributed by atoms with Gasteiger partial charge in [0.2, 0.25) is 0 Å². The van der Waals surface area contributed by atoms with Crippen LogP contribution in [0.5, 0.6) is 0 Å². The van der Waals surface area contributed by atoms with Crippen LogP contribution < -0.4 is 5.32 Å². The van der Waals surface area contributed by atoms with E-state index in [0.717, 1.165) is 18.7 Å². The Morgan fingerprint density at radius 2 is 1.76 bits per heavy atom. The van der Waals surface area contributed by atoms with E-state index >= 15 is 0 Å². The van der Waals surface area contributed by atoms with Crippen LogP contribution in [-0.2, 0) is 6.42 Å². The summed E-state index contributed by atoms with van der Waals surface area (Å²) in [5.41, 5.74) is 2.28. The lowest BCUT2D eigenvalue weighted by molar-refractivity contribution is 0.231. The van der Waals surface area contributed by atoms with Crippen LogP contribution in [0, 0.1) is 22.7 Å². The maximum atomic E-state index is 8.66. The number of likely N-dealkylation sites (tertiary alicyclic amines) is 1. The Morgan fingerprint density at radius 3 is 2.38 bits per heavy atom. The molecule has 0 saturated carbocycles. The molecule has 1 aromatic carbocycles. The van der Waals surface area contributed by atoms with Crippen molar-refractivity contribution in [1.29, 1.82) is 10.5 Å². The Kier molecular flexibility index (Phi) is 5.82. The van der Waals surface area contributed by atoms with Crippen molar-refractivity contribution < 1.29 is 0 Å². The van der Waals surface area contributed by atoms with Crippen LogP contribution in [0.2, 0.25) is 0 Å². The van der Waals surface area contributed by atoms with Gasteiger partial charge in [0, 0.05) is 18.4 Å². The fourth-order valence-corrected chi connectivity index (χ4v) is 2.48. The minimum Gasteiger partial charge on any atom is -0.360 e. The number of nitrogens with one attached hydrogen (secondary N) is 1. The molecule has 0 aromatic heterocycles. The van der Waals surface area contributed by atoms with Crippen molar-refractivity contribution in [2.24, 2.45) is 0 Å². The van der Waals surface area contributed by atoms with Crippen LogP contribution in [0.4, 0.5) is 5.69 Å². The molecule has 108 valence electrons. The van der Waals surface area contributed by atoms with E-state index in [-0.39, 0.29) is 5.57 Å². The van der Waals surface area contributed by atoms with Gasteiger partial charge in [-0.3, -0.25) is 0 Å². The molecule has 0 atom stereocenters. The molecule has 2 rings (SSSR count). The molecule has 1 fully saturated rings. The molecule has 0 amide bonds. The molecule has 4 nitrogen and oxygen atoms in total. The van der Waals surface area contributed by atoms with E-state index in [0.29, 0.717) is 0 Å². The number of piperidine rings is 1. The number of anilines is 1. The van der Waals surface area contributed by atoms with E-state index in [1.165, 1.54) is 44.1 Å². The average molecular weight is 280 g/mol. The third kappa shape index (κ3) is 4.95. The molecule has 0 unspecified atom stereocenters. The number of benzene rings is 1. The minimum absolute atomic E-state index is 0.0733. The summed E-state index contributed by atoms with van der Waals surface area (Å²) >= 11 is 0. The molecule has 1 N–H and O–H groups in total. The number of rotatable bonds is 5. The summed E-state index contributed by atoms with van der Waals surface area (Å²) < 4.78 is 0. The normalized spacial score (nSPS) is 14.8. The first-order valence-electron chi connectivity index (χ1n) is 7.40. The van der Waals surface area contributed by atoms with Crippen LogP contribution in [0.3, 0.4) is 0 Å². The van der Waals surface area contributed by atoms with Gasteiger partial charge in [-0.25, -0.2) is 0 Å². The van der Waals surface area contributed by atoms with Crippen LogP contribution in [0.15, 0.2) is 36.0 Å². The van der Waals surface area contributed by atoms with E-state index in [1.807, 2.05) is 24.3 Å². The van der Waals surface area contributed by atoms with Gasteiger partial charge < -0.3 is 10.2 Å². The summed E-state index contributed by atoms with van der Waals surface area (Å²) in [6, 6.07) is 11.8. The van der Waals surface area contributed by atoms with Crippen molar-refractivity contribution in [2.75, 3.05) is 25.0 Å². The third-order valence-corrected chi connectivity index (χ3v) is 3.74. The maximum absolute atomic E-state index is 8.66. The summed E-state index contributed by atoms with van der Waals surface area (Å²) in [6.07, 6.45) is 6.53. The average Bonchev–Trinajstić information content (AvgIpc) is 2.56. The van der Waals surface area contributed by atoms with Crippen LogP contribution in [-0.4, -0.2) is 24.5 Å². The SMILES string of the molecule is N#CC(C#N)=CNc1ccc(CCN2CCCCC2)cc1.